The van der Waals surface area contributed by atoms with Crippen molar-refractivity contribution in [3.05, 3.63) is 59.3 Å². The summed E-state index contributed by atoms with van der Waals surface area (Å²) in [4.78, 5) is 15.4. The van der Waals surface area contributed by atoms with Gasteiger partial charge in [-0.1, -0.05) is 12.1 Å². The minimum absolute atomic E-state index is 0.0567. The summed E-state index contributed by atoms with van der Waals surface area (Å²) in [7, 11) is 0. The average Bonchev–Trinajstić information content (AvgIpc) is 3.28. The van der Waals surface area contributed by atoms with Crippen molar-refractivity contribution in [2.75, 3.05) is 6.54 Å². The van der Waals surface area contributed by atoms with Crippen LogP contribution in [-0.2, 0) is 12.1 Å². The van der Waals surface area contributed by atoms with Crippen molar-refractivity contribution < 1.29 is 9.90 Å². The summed E-state index contributed by atoms with van der Waals surface area (Å²) >= 11 is 0. The summed E-state index contributed by atoms with van der Waals surface area (Å²) < 4.78 is 4.25. The number of nitrogens with two attached hydrogens (primary N) is 1. The molecule has 0 radical (unpaired) electrons. The molecular formula is C30H35N5O2. The number of hydrogen-bond donors (Lipinski definition) is 2. The van der Waals surface area contributed by atoms with Gasteiger partial charge in [-0.15, -0.1) is 0 Å². The Labute approximate surface area is 216 Å². The van der Waals surface area contributed by atoms with E-state index in [1.54, 1.807) is 0 Å². The molecule has 3 fully saturated rings. The maximum Gasteiger partial charge on any atom is 0.255 e. The van der Waals surface area contributed by atoms with Gasteiger partial charge < -0.3 is 20.3 Å². The zero-order valence-corrected chi connectivity index (χ0v) is 21.8. The molecule has 3 N–H and O–H groups in total. The highest BCUT2D eigenvalue weighted by molar-refractivity contribution is 5.95. The second-order valence-electron chi connectivity index (χ2n) is 12.1. The lowest BCUT2D eigenvalue weighted by atomic mass is 9.97. The molecule has 192 valence electrons. The number of aliphatic hydroxyl groups is 1. The Kier molecular flexibility index (Phi) is 4.92. The first-order chi connectivity index (χ1) is 17.7. The first-order valence-corrected chi connectivity index (χ1v) is 13.6. The molecule has 2 bridgehead atoms. The molecule has 1 aliphatic heterocycles. The number of aryl methyl sites for hydroxylation is 1. The van der Waals surface area contributed by atoms with Gasteiger partial charge in [0.2, 0.25) is 0 Å². The third-order valence-corrected chi connectivity index (χ3v) is 9.03. The van der Waals surface area contributed by atoms with E-state index in [1.807, 2.05) is 47.7 Å². The summed E-state index contributed by atoms with van der Waals surface area (Å²) in [6, 6.07) is 12.7. The van der Waals surface area contributed by atoms with E-state index in [0.29, 0.717) is 17.4 Å². The Balaban J connectivity index is 1.31. The number of benzene rings is 1. The summed E-state index contributed by atoms with van der Waals surface area (Å²) in [5.41, 5.74) is 12.3. The first-order valence-electron chi connectivity index (χ1n) is 13.6. The van der Waals surface area contributed by atoms with Crippen molar-refractivity contribution in [1.29, 1.82) is 0 Å². The molecule has 0 spiro atoms. The smallest absolute Gasteiger partial charge is 0.255 e. The Bertz CT molecular complexity index is 1550. The van der Waals surface area contributed by atoms with Crippen LogP contribution in [0.2, 0.25) is 0 Å². The Morgan fingerprint density at radius 2 is 1.92 bits per heavy atom. The van der Waals surface area contributed by atoms with E-state index in [0.717, 1.165) is 64.9 Å². The lowest BCUT2D eigenvalue weighted by Crippen LogP contribution is -2.41. The van der Waals surface area contributed by atoms with Gasteiger partial charge in [0.25, 0.3) is 5.91 Å². The quantitative estimate of drug-likeness (QED) is 0.426. The summed E-state index contributed by atoms with van der Waals surface area (Å²) in [6.45, 7) is 7.48. The van der Waals surface area contributed by atoms with Gasteiger partial charge in [-0.3, -0.25) is 4.79 Å². The maximum absolute atomic E-state index is 13.4. The molecule has 3 aromatic heterocycles. The van der Waals surface area contributed by atoms with Gasteiger partial charge in [0.05, 0.1) is 22.4 Å². The van der Waals surface area contributed by atoms with Crippen LogP contribution in [0.1, 0.15) is 61.0 Å². The fourth-order valence-electron chi connectivity index (χ4n) is 6.58. The third kappa shape index (κ3) is 3.62. The van der Waals surface area contributed by atoms with Crippen LogP contribution in [-0.4, -0.2) is 48.7 Å². The van der Waals surface area contributed by atoms with Crippen LogP contribution < -0.4 is 5.73 Å². The molecule has 4 aromatic rings. The van der Waals surface area contributed by atoms with Gasteiger partial charge >= 0.3 is 0 Å². The number of amides is 1. The van der Waals surface area contributed by atoms with E-state index >= 15 is 0 Å². The van der Waals surface area contributed by atoms with E-state index < -0.39 is 5.60 Å². The standard InChI is InChI=1S/C30H35N5O2/c1-17-23-10-8-21(29(36)34-15-20-7-11-24(34)27(20)31)16-35(23)32-28(17)26-12-19-6-9-22(30(2,3)37)13-25(19)33(26)14-18-4-5-18/h6,8-10,12-13,16,18,20,24,27,37H,4-5,7,11,14-15,31H2,1-3H3/t20?,24?,27-/m1/s1. The molecule has 2 aliphatic carbocycles. The summed E-state index contributed by atoms with van der Waals surface area (Å²) in [5, 5.41) is 16.8. The van der Waals surface area contributed by atoms with Crippen molar-refractivity contribution in [2.45, 2.75) is 70.7 Å². The molecule has 2 unspecified atom stereocenters. The van der Waals surface area contributed by atoms with Crippen LogP contribution in [0.5, 0.6) is 0 Å². The van der Waals surface area contributed by atoms with Crippen LogP contribution in [0.3, 0.4) is 0 Å². The molecule has 7 rings (SSSR count). The van der Waals surface area contributed by atoms with Crippen LogP contribution in [0, 0.1) is 18.8 Å². The highest BCUT2D eigenvalue weighted by Crippen LogP contribution is 2.39. The second kappa shape index (κ2) is 7.92. The number of pyridine rings is 1. The highest BCUT2D eigenvalue weighted by atomic mass is 16.3. The van der Waals surface area contributed by atoms with Gasteiger partial charge in [0, 0.05) is 47.8 Å². The predicted molar refractivity (Wildman–Crippen MR) is 144 cm³/mol. The Hall–Kier alpha value is -3.16. The van der Waals surface area contributed by atoms with Gasteiger partial charge in [-0.25, -0.2) is 4.52 Å². The van der Waals surface area contributed by atoms with Crippen molar-refractivity contribution in [3.8, 4) is 11.4 Å². The Morgan fingerprint density at radius 3 is 2.59 bits per heavy atom. The number of carbonyl (C=O) groups excluding carboxylic acids is 1. The summed E-state index contributed by atoms with van der Waals surface area (Å²) in [6.07, 6.45) is 6.52. The minimum Gasteiger partial charge on any atom is -0.386 e. The minimum atomic E-state index is -0.899. The van der Waals surface area contributed by atoms with Crippen molar-refractivity contribution in [1.82, 2.24) is 19.1 Å². The fourth-order valence-corrected chi connectivity index (χ4v) is 6.58. The highest BCUT2D eigenvalue weighted by Gasteiger charge is 2.46. The molecule has 3 atom stereocenters. The molecular weight excluding hydrogens is 462 g/mol. The molecule has 4 heterocycles. The molecule has 3 aliphatic rings. The number of fused-ring (bicyclic) bond motifs is 4. The lowest BCUT2D eigenvalue weighted by molar-refractivity contribution is 0.0699. The SMILES string of the molecule is Cc1c(-c2cc3ccc(C(C)(C)O)cc3n2CC2CC2)nn2cc(C(=O)N3CC4CCC3[C@@H]4N)ccc12. The predicted octanol–water partition coefficient (Wildman–Crippen LogP) is 4.46. The first kappa shape index (κ1) is 23.0. The van der Waals surface area contributed by atoms with Crippen LogP contribution in [0.4, 0.5) is 0 Å². The topological polar surface area (TPSA) is 88.8 Å². The third-order valence-electron chi connectivity index (χ3n) is 9.03. The zero-order valence-electron chi connectivity index (χ0n) is 21.8. The molecule has 2 saturated carbocycles. The Morgan fingerprint density at radius 1 is 1.11 bits per heavy atom. The van der Waals surface area contributed by atoms with Gasteiger partial charge in [0.15, 0.2) is 0 Å². The van der Waals surface area contributed by atoms with Crippen LogP contribution in [0.25, 0.3) is 27.8 Å². The van der Waals surface area contributed by atoms with E-state index in [-0.39, 0.29) is 18.0 Å². The monoisotopic (exact) mass is 497 g/mol. The second-order valence-corrected chi connectivity index (χ2v) is 12.1. The molecule has 1 aromatic carbocycles. The van der Waals surface area contributed by atoms with Gasteiger partial charge in [-0.05, 0) is 88.1 Å². The molecule has 37 heavy (non-hydrogen) atoms. The number of rotatable bonds is 5. The molecule has 7 nitrogen and oxygen atoms in total. The normalized spacial score (nSPS) is 23.6. The fraction of sp³-hybridized carbons (Fsp3) is 0.467. The number of piperidine rings is 1. The van der Waals surface area contributed by atoms with E-state index in [9.17, 15) is 9.90 Å². The van der Waals surface area contributed by atoms with Crippen LogP contribution >= 0.6 is 0 Å². The molecule has 1 amide bonds. The number of hydrogen-bond acceptors (Lipinski definition) is 4. The maximum atomic E-state index is 13.4. The van der Waals surface area contributed by atoms with Crippen molar-refractivity contribution in [3.63, 3.8) is 0 Å². The number of carbonyl (C=O) groups is 1. The van der Waals surface area contributed by atoms with Gasteiger partial charge in [0.1, 0.15) is 5.69 Å². The lowest BCUT2D eigenvalue weighted by Gasteiger charge is -2.27. The zero-order chi connectivity index (χ0) is 25.6. The molecule has 7 heteroatoms. The largest absolute Gasteiger partial charge is 0.386 e. The van der Waals surface area contributed by atoms with Crippen molar-refractivity contribution in [2.24, 2.45) is 17.6 Å². The molecule has 1 saturated heterocycles. The van der Waals surface area contributed by atoms with Crippen LogP contribution in [0.15, 0.2) is 42.6 Å². The van der Waals surface area contributed by atoms with Crippen molar-refractivity contribution >= 4 is 22.3 Å². The van der Waals surface area contributed by atoms with E-state index in [4.69, 9.17) is 10.8 Å². The van der Waals surface area contributed by atoms with Gasteiger partial charge in [-0.2, -0.15) is 5.10 Å². The van der Waals surface area contributed by atoms with E-state index in [2.05, 4.69) is 29.7 Å². The number of aromatic nitrogens is 3. The number of nitrogens with zero attached hydrogens (tertiary/aromatic N) is 4. The summed E-state index contributed by atoms with van der Waals surface area (Å²) in [5.74, 6) is 1.17. The number of likely N-dealkylation sites (tertiary alicyclic amines) is 1. The average molecular weight is 498 g/mol. The van der Waals surface area contributed by atoms with E-state index in [1.165, 1.54) is 12.8 Å².